The van der Waals surface area contributed by atoms with E-state index < -0.39 is 5.63 Å². The van der Waals surface area contributed by atoms with E-state index in [-0.39, 0.29) is 29.3 Å². The molecule has 0 radical (unpaired) electrons. The molecule has 0 aliphatic heterocycles. The van der Waals surface area contributed by atoms with Crippen LogP contribution in [0.5, 0.6) is 5.75 Å². The van der Waals surface area contributed by atoms with E-state index in [0.29, 0.717) is 10.9 Å². The van der Waals surface area contributed by atoms with Gasteiger partial charge >= 0.3 is 5.63 Å². The number of ether oxygens (including phenoxy) is 1. The molecule has 0 saturated carbocycles. The molecule has 0 atom stereocenters. The maximum Gasteiger partial charge on any atom is 0.336 e. The zero-order chi connectivity index (χ0) is 18.5. The number of nitrogens with zero attached hydrogens (tertiary/aromatic N) is 1. The van der Waals surface area contributed by atoms with Crippen LogP contribution < -0.4 is 10.4 Å². The molecule has 0 fully saturated rings. The van der Waals surface area contributed by atoms with Crippen LogP contribution in [0.25, 0.3) is 17.0 Å². The third-order valence-electron chi connectivity index (χ3n) is 3.75. The van der Waals surface area contributed by atoms with E-state index in [1.54, 1.807) is 43.6 Å². The lowest BCUT2D eigenvalue weighted by Crippen LogP contribution is -2.06. The molecule has 5 heteroatoms. The average Bonchev–Trinajstić information content (AvgIpc) is 2.64. The van der Waals surface area contributed by atoms with E-state index in [0.717, 1.165) is 5.56 Å². The maximum atomic E-state index is 12.8. The van der Waals surface area contributed by atoms with Gasteiger partial charge in [0.25, 0.3) is 0 Å². The highest BCUT2D eigenvalue weighted by Crippen LogP contribution is 2.30. The molecule has 0 saturated heterocycles. The lowest BCUT2D eigenvalue weighted by atomic mass is 10.0. The Bertz CT molecular complexity index is 1090. The van der Waals surface area contributed by atoms with Gasteiger partial charge in [-0.15, -0.1) is 6.42 Å². The lowest BCUT2D eigenvalue weighted by Gasteiger charge is -2.10. The second-order valence-electron chi connectivity index (χ2n) is 5.54. The first-order valence-electron chi connectivity index (χ1n) is 7.86. The van der Waals surface area contributed by atoms with Gasteiger partial charge in [0.2, 0.25) is 0 Å². The van der Waals surface area contributed by atoms with Gasteiger partial charge in [0.15, 0.2) is 11.4 Å². The number of aryl methyl sites for hydroxylation is 1. The van der Waals surface area contributed by atoms with Gasteiger partial charge in [-0.1, -0.05) is 12.0 Å². The van der Waals surface area contributed by atoms with E-state index in [4.69, 9.17) is 15.6 Å². The first-order chi connectivity index (χ1) is 12.6. The van der Waals surface area contributed by atoms with Crippen molar-refractivity contribution in [3.8, 4) is 18.1 Å². The highest BCUT2D eigenvalue weighted by molar-refractivity contribution is 6.15. The van der Waals surface area contributed by atoms with Crippen LogP contribution in [0.4, 0.5) is 0 Å². The van der Waals surface area contributed by atoms with Crippen LogP contribution in [0.3, 0.4) is 0 Å². The molecule has 3 aromatic rings. The smallest absolute Gasteiger partial charge is 0.336 e. The van der Waals surface area contributed by atoms with Gasteiger partial charge in [0, 0.05) is 23.8 Å². The van der Waals surface area contributed by atoms with Crippen LogP contribution in [0, 0.1) is 19.3 Å². The summed E-state index contributed by atoms with van der Waals surface area (Å²) in [7, 11) is 0. The van der Waals surface area contributed by atoms with Crippen molar-refractivity contribution in [1.29, 1.82) is 0 Å². The second kappa shape index (κ2) is 7.49. The number of pyridine rings is 1. The first-order valence-corrected chi connectivity index (χ1v) is 7.86. The highest BCUT2D eigenvalue weighted by Gasteiger charge is 2.18. The maximum absolute atomic E-state index is 12.8. The van der Waals surface area contributed by atoms with E-state index in [9.17, 15) is 9.59 Å². The van der Waals surface area contributed by atoms with Crippen molar-refractivity contribution in [2.75, 3.05) is 6.61 Å². The van der Waals surface area contributed by atoms with Crippen molar-refractivity contribution in [2.45, 2.75) is 6.92 Å². The standard InChI is InChI=1S/C21H15NO4/c1-3-11-25-18-9-7-16-14(2)12-19(24)26-21(16)20(18)17(23)8-6-15-5-4-10-22-13-15/h1,4-10,12-13H,11H2,2H3/b8-6+. The van der Waals surface area contributed by atoms with Crippen molar-refractivity contribution in [3.63, 3.8) is 0 Å². The third kappa shape index (κ3) is 3.55. The Morgan fingerprint density at radius 3 is 2.96 bits per heavy atom. The number of ketones is 1. The largest absolute Gasteiger partial charge is 0.480 e. The van der Waals surface area contributed by atoms with Gasteiger partial charge in [0.05, 0.1) is 0 Å². The van der Waals surface area contributed by atoms with E-state index >= 15 is 0 Å². The highest BCUT2D eigenvalue weighted by atomic mass is 16.5. The molecule has 0 amide bonds. The number of hydrogen-bond donors (Lipinski definition) is 0. The molecule has 3 rings (SSSR count). The number of rotatable bonds is 5. The minimum absolute atomic E-state index is 0.00580. The number of allylic oxidation sites excluding steroid dienone is 1. The fourth-order valence-electron chi connectivity index (χ4n) is 2.57. The molecule has 128 valence electrons. The third-order valence-corrected chi connectivity index (χ3v) is 3.75. The van der Waals surface area contributed by atoms with E-state index in [1.165, 1.54) is 12.1 Å². The minimum atomic E-state index is -0.533. The monoisotopic (exact) mass is 345 g/mol. The summed E-state index contributed by atoms with van der Waals surface area (Å²) < 4.78 is 10.8. The quantitative estimate of drug-likeness (QED) is 0.307. The number of benzene rings is 1. The van der Waals surface area contributed by atoms with Crippen molar-refractivity contribution >= 4 is 22.8 Å². The Balaban J connectivity index is 2.14. The minimum Gasteiger partial charge on any atom is -0.480 e. The Kier molecular flexibility index (Phi) is 4.95. The van der Waals surface area contributed by atoms with Gasteiger partial charge < -0.3 is 9.15 Å². The number of fused-ring (bicyclic) bond motifs is 1. The fraction of sp³-hybridized carbons (Fsp3) is 0.0952. The van der Waals surface area contributed by atoms with Gasteiger partial charge in [0.1, 0.15) is 17.9 Å². The van der Waals surface area contributed by atoms with Crippen LogP contribution in [0.2, 0.25) is 0 Å². The fourth-order valence-corrected chi connectivity index (χ4v) is 2.57. The summed E-state index contributed by atoms with van der Waals surface area (Å²) in [6.07, 6.45) is 11.5. The van der Waals surface area contributed by atoms with Crippen molar-refractivity contribution in [3.05, 3.63) is 75.9 Å². The Morgan fingerprint density at radius 1 is 1.38 bits per heavy atom. The summed E-state index contributed by atoms with van der Waals surface area (Å²) in [5.74, 6) is 2.27. The summed E-state index contributed by atoms with van der Waals surface area (Å²) in [5.41, 5.74) is 1.30. The van der Waals surface area contributed by atoms with E-state index in [1.807, 2.05) is 6.07 Å². The Morgan fingerprint density at radius 2 is 2.23 bits per heavy atom. The first kappa shape index (κ1) is 17.2. The van der Waals surface area contributed by atoms with Crippen LogP contribution in [0.1, 0.15) is 21.5 Å². The molecule has 0 unspecified atom stereocenters. The van der Waals surface area contributed by atoms with Gasteiger partial charge in [-0.05, 0) is 48.4 Å². The van der Waals surface area contributed by atoms with Crippen molar-refractivity contribution < 1.29 is 13.9 Å². The van der Waals surface area contributed by atoms with Crippen LogP contribution in [-0.2, 0) is 0 Å². The Labute approximate surface area is 149 Å². The molecule has 2 heterocycles. The summed E-state index contributed by atoms with van der Waals surface area (Å²) in [4.78, 5) is 28.6. The molecular formula is C21H15NO4. The molecule has 2 aromatic heterocycles. The average molecular weight is 345 g/mol. The van der Waals surface area contributed by atoms with Crippen LogP contribution >= 0.6 is 0 Å². The zero-order valence-corrected chi connectivity index (χ0v) is 14.1. The normalized spacial score (nSPS) is 10.8. The molecular weight excluding hydrogens is 330 g/mol. The molecule has 1 aromatic carbocycles. The SMILES string of the molecule is C#CCOc1ccc2c(C)cc(=O)oc2c1C(=O)/C=C/c1cccnc1. The molecule has 0 spiro atoms. The number of carbonyl (C=O) groups is 1. The van der Waals surface area contributed by atoms with E-state index in [2.05, 4.69) is 10.9 Å². The second-order valence-corrected chi connectivity index (χ2v) is 5.54. The van der Waals surface area contributed by atoms with Crippen molar-refractivity contribution in [2.24, 2.45) is 0 Å². The van der Waals surface area contributed by atoms with Gasteiger partial charge in [-0.3, -0.25) is 9.78 Å². The molecule has 0 N–H and O–H groups in total. The van der Waals surface area contributed by atoms with Crippen LogP contribution in [-0.4, -0.2) is 17.4 Å². The summed E-state index contributed by atoms with van der Waals surface area (Å²) >= 11 is 0. The lowest BCUT2D eigenvalue weighted by molar-refractivity contribution is 0.104. The molecule has 5 nitrogen and oxygen atoms in total. The number of hydrogen-bond acceptors (Lipinski definition) is 5. The number of carbonyl (C=O) groups excluding carboxylic acids is 1. The van der Waals surface area contributed by atoms with Gasteiger partial charge in [-0.25, -0.2) is 4.79 Å². The Hall–Kier alpha value is -3.65. The molecule has 0 aliphatic rings. The topological polar surface area (TPSA) is 69.4 Å². The van der Waals surface area contributed by atoms with Gasteiger partial charge in [-0.2, -0.15) is 0 Å². The predicted octanol–water partition coefficient (Wildman–Crippen LogP) is 3.40. The van der Waals surface area contributed by atoms with Crippen molar-refractivity contribution in [1.82, 2.24) is 4.98 Å². The summed E-state index contributed by atoms with van der Waals surface area (Å²) in [5, 5.41) is 0.663. The number of terminal acetylenes is 1. The predicted molar refractivity (Wildman–Crippen MR) is 99.2 cm³/mol. The molecule has 0 bridgehead atoms. The molecule has 26 heavy (non-hydrogen) atoms. The number of aromatic nitrogens is 1. The van der Waals surface area contributed by atoms with Crippen LogP contribution in [0.15, 0.2) is 58.0 Å². The summed E-state index contributed by atoms with van der Waals surface area (Å²) in [6.45, 7) is 1.77. The molecule has 0 aliphatic carbocycles. The zero-order valence-electron chi connectivity index (χ0n) is 14.1. The summed E-state index contributed by atoms with van der Waals surface area (Å²) in [6, 6.07) is 8.36.